The van der Waals surface area contributed by atoms with Gasteiger partial charge in [0.1, 0.15) is 11.9 Å². The number of amides is 1. The minimum Gasteiger partial charge on any atom is -0.368 e. The van der Waals surface area contributed by atoms with Crippen molar-refractivity contribution in [3.05, 3.63) is 48.2 Å². The van der Waals surface area contributed by atoms with Gasteiger partial charge in [-0.2, -0.15) is 0 Å². The number of nitrogens with zero attached hydrogens (tertiary/aromatic N) is 1. The van der Waals surface area contributed by atoms with Gasteiger partial charge in [-0.25, -0.2) is 13.8 Å². The molecule has 0 bridgehead atoms. The molecular formula is C16H14F2N2O2. The molecule has 1 aromatic carbocycles. The lowest BCUT2D eigenvalue weighted by molar-refractivity contribution is -0.124. The van der Waals surface area contributed by atoms with Crippen LogP contribution >= 0.6 is 0 Å². The number of hydrogen-bond donors (Lipinski definition) is 1. The molecule has 0 aliphatic carbocycles. The third-order valence-electron chi connectivity index (χ3n) is 3.50. The first-order valence-corrected chi connectivity index (χ1v) is 6.98. The Morgan fingerprint density at radius 3 is 2.82 bits per heavy atom. The predicted octanol–water partition coefficient (Wildman–Crippen LogP) is 3.14. The van der Waals surface area contributed by atoms with Crippen LogP contribution in [0.25, 0.3) is 11.1 Å². The van der Waals surface area contributed by atoms with E-state index in [0.29, 0.717) is 24.4 Å². The van der Waals surface area contributed by atoms with E-state index < -0.39 is 17.7 Å². The van der Waals surface area contributed by atoms with Crippen molar-refractivity contribution in [2.45, 2.75) is 18.9 Å². The molecular weight excluding hydrogens is 290 g/mol. The highest BCUT2D eigenvalue weighted by atomic mass is 19.2. The highest BCUT2D eigenvalue weighted by Gasteiger charge is 2.23. The lowest BCUT2D eigenvalue weighted by Gasteiger charge is -2.10. The molecule has 2 aromatic rings. The van der Waals surface area contributed by atoms with Crippen molar-refractivity contribution in [2.75, 3.05) is 11.9 Å². The summed E-state index contributed by atoms with van der Waals surface area (Å²) < 4.78 is 32.2. The molecule has 0 saturated carbocycles. The smallest absolute Gasteiger partial charge is 0.254 e. The summed E-state index contributed by atoms with van der Waals surface area (Å²) in [7, 11) is 0. The lowest BCUT2D eigenvalue weighted by atomic mass is 10.1. The topological polar surface area (TPSA) is 51.2 Å². The highest BCUT2D eigenvalue weighted by Crippen LogP contribution is 2.24. The van der Waals surface area contributed by atoms with Crippen LogP contribution in [0.15, 0.2) is 36.5 Å². The molecule has 1 aliphatic rings. The van der Waals surface area contributed by atoms with Gasteiger partial charge < -0.3 is 10.1 Å². The van der Waals surface area contributed by atoms with E-state index in [1.54, 1.807) is 12.1 Å². The molecule has 6 heteroatoms. The minimum atomic E-state index is -0.916. The number of carbonyl (C=O) groups is 1. The standard InChI is InChI=1S/C16H14F2N2O2/c17-12-4-1-3-11(15(12)18)10-6-7-14(19-9-10)20-16(21)13-5-2-8-22-13/h1,3-4,6-7,9,13H,2,5,8H2,(H,19,20,21)/t13-/m0/s1. The molecule has 22 heavy (non-hydrogen) atoms. The Bertz CT molecular complexity index is 683. The van der Waals surface area contributed by atoms with Gasteiger partial charge in [-0.05, 0) is 31.0 Å². The van der Waals surface area contributed by atoms with E-state index in [1.165, 1.54) is 18.3 Å². The van der Waals surface area contributed by atoms with Crippen molar-refractivity contribution in [3.8, 4) is 11.1 Å². The quantitative estimate of drug-likeness (QED) is 0.947. The van der Waals surface area contributed by atoms with E-state index in [4.69, 9.17) is 4.74 Å². The summed E-state index contributed by atoms with van der Waals surface area (Å²) >= 11 is 0. The fourth-order valence-corrected chi connectivity index (χ4v) is 2.35. The van der Waals surface area contributed by atoms with Crippen LogP contribution < -0.4 is 5.32 Å². The van der Waals surface area contributed by atoms with E-state index in [0.717, 1.165) is 12.5 Å². The zero-order valence-corrected chi connectivity index (χ0v) is 11.7. The van der Waals surface area contributed by atoms with Crippen LogP contribution in [0.4, 0.5) is 14.6 Å². The number of pyridine rings is 1. The monoisotopic (exact) mass is 304 g/mol. The Hall–Kier alpha value is -2.34. The number of rotatable bonds is 3. The van der Waals surface area contributed by atoms with E-state index in [-0.39, 0.29) is 11.5 Å². The summed E-state index contributed by atoms with van der Waals surface area (Å²) in [4.78, 5) is 15.9. The Morgan fingerprint density at radius 2 is 2.14 bits per heavy atom. The van der Waals surface area contributed by atoms with Gasteiger partial charge in [0, 0.05) is 23.9 Å². The van der Waals surface area contributed by atoms with Gasteiger partial charge in [-0.15, -0.1) is 0 Å². The Labute approximate surface area is 126 Å². The third kappa shape index (κ3) is 2.96. The van der Waals surface area contributed by atoms with Crippen LogP contribution in [0.1, 0.15) is 12.8 Å². The third-order valence-corrected chi connectivity index (χ3v) is 3.50. The second-order valence-corrected chi connectivity index (χ2v) is 5.02. The minimum absolute atomic E-state index is 0.129. The molecule has 1 atom stereocenters. The van der Waals surface area contributed by atoms with Gasteiger partial charge in [-0.1, -0.05) is 12.1 Å². The van der Waals surface area contributed by atoms with Crippen molar-refractivity contribution < 1.29 is 18.3 Å². The zero-order valence-electron chi connectivity index (χ0n) is 11.7. The van der Waals surface area contributed by atoms with Gasteiger partial charge in [0.05, 0.1) is 0 Å². The number of hydrogen-bond acceptors (Lipinski definition) is 3. The first-order chi connectivity index (χ1) is 10.6. The van der Waals surface area contributed by atoms with E-state index in [2.05, 4.69) is 10.3 Å². The molecule has 3 rings (SSSR count). The van der Waals surface area contributed by atoms with Crippen molar-refractivity contribution >= 4 is 11.7 Å². The summed E-state index contributed by atoms with van der Waals surface area (Å²) in [5.41, 5.74) is 0.566. The Balaban J connectivity index is 1.75. The van der Waals surface area contributed by atoms with Crippen LogP contribution in [0.3, 0.4) is 0 Å². The first kappa shape index (κ1) is 14.6. The number of aromatic nitrogens is 1. The number of anilines is 1. The SMILES string of the molecule is O=C(Nc1ccc(-c2cccc(F)c2F)cn1)[C@@H]1CCCO1. The predicted molar refractivity (Wildman–Crippen MR) is 77.2 cm³/mol. The lowest BCUT2D eigenvalue weighted by Crippen LogP contribution is -2.27. The number of halogens is 2. The largest absolute Gasteiger partial charge is 0.368 e. The Kier molecular flexibility index (Phi) is 4.11. The van der Waals surface area contributed by atoms with Crippen molar-refractivity contribution in [2.24, 2.45) is 0 Å². The van der Waals surface area contributed by atoms with Crippen molar-refractivity contribution in [3.63, 3.8) is 0 Å². The molecule has 1 aromatic heterocycles. The number of ether oxygens (including phenoxy) is 1. The fraction of sp³-hybridized carbons (Fsp3) is 0.250. The summed E-state index contributed by atoms with van der Waals surface area (Å²) in [5.74, 6) is -1.72. The highest BCUT2D eigenvalue weighted by molar-refractivity contribution is 5.93. The van der Waals surface area contributed by atoms with Crippen molar-refractivity contribution in [1.82, 2.24) is 4.98 Å². The van der Waals surface area contributed by atoms with Crippen molar-refractivity contribution in [1.29, 1.82) is 0 Å². The maximum Gasteiger partial charge on any atom is 0.254 e. The average Bonchev–Trinajstić information content (AvgIpc) is 3.05. The molecule has 0 radical (unpaired) electrons. The molecule has 1 saturated heterocycles. The molecule has 4 nitrogen and oxygen atoms in total. The summed E-state index contributed by atoms with van der Waals surface area (Å²) in [6.07, 6.45) is 2.51. The van der Waals surface area contributed by atoms with Gasteiger partial charge in [0.25, 0.3) is 5.91 Å². The van der Waals surface area contributed by atoms with Gasteiger partial charge in [-0.3, -0.25) is 4.79 Å². The summed E-state index contributed by atoms with van der Waals surface area (Å²) in [6, 6.07) is 7.09. The van der Waals surface area contributed by atoms with Crippen LogP contribution in [0.2, 0.25) is 0 Å². The molecule has 1 fully saturated rings. The fourth-order valence-electron chi connectivity index (χ4n) is 2.35. The molecule has 1 aliphatic heterocycles. The number of benzene rings is 1. The number of nitrogens with one attached hydrogen (secondary N) is 1. The summed E-state index contributed by atoms with van der Waals surface area (Å²) in [6.45, 7) is 0.587. The van der Waals surface area contributed by atoms with Gasteiger partial charge in [0.2, 0.25) is 0 Å². The van der Waals surface area contributed by atoms with Crippen LogP contribution in [0, 0.1) is 11.6 Å². The van der Waals surface area contributed by atoms with Gasteiger partial charge in [0.15, 0.2) is 11.6 Å². The first-order valence-electron chi connectivity index (χ1n) is 6.98. The second-order valence-electron chi connectivity index (χ2n) is 5.02. The maximum atomic E-state index is 13.7. The van der Waals surface area contributed by atoms with Crippen LogP contribution in [-0.2, 0) is 9.53 Å². The van der Waals surface area contributed by atoms with E-state index in [9.17, 15) is 13.6 Å². The average molecular weight is 304 g/mol. The van der Waals surface area contributed by atoms with Crippen LogP contribution in [-0.4, -0.2) is 23.6 Å². The molecule has 1 N–H and O–H groups in total. The zero-order chi connectivity index (χ0) is 15.5. The summed E-state index contributed by atoms with van der Waals surface area (Å²) in [5, 5.41) is 2.65. The van der Waals surface area contributed by atoms with E-state index in [1.807, 2.05) is 0 Å². The normalized spacial score (nSPS) is 17.5. The molecule has 2 heterocycles. The molecule has 1 amide bonds. The van der Waals surface area contributed by atoms with Gasteiger partial charge >= 0.3 is 0 Å². The van der Waals surface area contributed by atoms with Crippen LogP contribution in [0.5, 0.6) is 0 Å². The van der Waals surface area contributed by atoms with E-state index >= 15 is 0 Å². The number of carbonyl (C=O) groups excluding carboxylic acids is 1. The molecule has 0 unspecified atom stereocenters. The molecule has 114 valence electrons. The second kappa shape index (κ2) is 6.19. The maximum absolute atomic E-state index is 13.7. The Morgan fingerprint density at radius 1 is 1.27 bits per heavy atom. The molecule has 0 spiro atoms.